The Bertz CT molecular complexity index is 377. The Labute approximate surface area is 144 Å². The van der Waals surface area contributed by atoms with Crippen molar-refractivity contribution in [1.29, 1.82) is 0 Å². The van der Waals surface area contributed by atoms with Crippen molar-refractivity contribution in [1.82, 2.24) is 0 Å². The van der Waals surface area contributed by atoms with E-state index in [4.69, 9.17) is 4.74 Å². The molecule has 2 unspecified atom stereocenters. The highest BCUT2D eigenvalue weighted by molar-refractivity contribution is 5.77. The Kier molecular flexibility index (Phi) is 7.16. The zero-order chi connectivity index (χ0) is 17.7. The van der Waals surface area contributed by atoms with Crippen LogP contribution in [0.15, 0.2) is 0 Å². The Balaban J connectivity index is 3.02. The van der Waals surface area contributed by atoms with E-state index in [1.807, 2.05) is 0 Å². The summed E-state index contributed by atoms with van der Waals surface area (Å²) >= 11 is 0. The highest BCUT2D eigenvalue weighted by Gasteiger charge is 2.47. The first kappa shape index (κ1) is 20.5. The van der Waals surface area contributed by atoms with Crippen LogP contribution in [0.1, 0.15) is 106 Å². The van der Waals surface area contributed by atoms with Crippen LogP contribution in [0, 0.1) is 16.7 Å². The number of hydrogen-bond acceptors (Lipinski definition) is 2. The standard InChI is InChI=1S/C21H40O2/c1-8-17(5)20(7,16-19(6,9-2)10-3)18(22)23-21(11-4)14-12-13-15-21/h17H,8-16H2,1-7H3. The van der Waals surface area contributed by atoms with Crippen LogP contribution in [0.3, 0.4) is 0 Å². The monoisotopic (exact) mass is 324 g/mol. The van der Waals surface area contributed by atoms with Gasteiger partial charge in [-0.2, -0.15) is 0 Å². The molecule has 0 aromatic heterocycles. The number of hydrogen-bond donors (Lipinski definition) is 0. The second-order valence-corrected chi connectivity index (χ2v) is 8.55. The lowest BCUT2D eigenvalue weighted by Crippen LogP contribution is -2.44. The summed E-state index contributed by atoms with van der Waals surface area (Å²) in [6, 6.07) is 0. The second-order valence-electron chi connectivity index (χ2n) is 8.55. The van der Waals surface area contributed by atoms with Crippen LogP contribution >= 0.6 is 0 Å². The first-order valence-electron chi connectivity index (χ1n) is 9.94. The molecule has 0 amide bonds. The minimum atomic E-state index is -0.375. The lowest BCUT2D eigenvalue weighted by Gasteiger charge is -2.42. The molecule has 1 saturated carbocycles. The smallest absolute Gasteiger partial charge is 0.312 e. The summed E-state index contributed by atoms with van der Waals surface area (Å²) in [6.07, 6.45) is 9.62. The zero-order valence-corrected chi connectivity index (χ0v) is 16.8. The summed E-state index contributed by atoms with van der Waals surface area (Å²) in [4.78, 5) is 13.3. The van der Waals surface area contributed by atoms with E-state index in [1.165, 1.54) is 12.8 Å². The molecular weight excluding hydrogens is 284 g/mol. The molecule has 0 saturated heterocycles. The van der Waals surface area contributed by atoms with Crippen LogP contribution in [0.4, 0.5) is 0 Å². The van der Waals surface area contributed by atoms with E-state index < -0.39 is 0 Å². The molecule has 2 heteroatoms. The van der Waals surface area contributed by atoms with Gasteiger partial charge in [0, 0.05) is 0 Å². The fourth-order valence-electron chi connectivity index (χ4n) is 4.15. The van der Waals surface area contributed by atoms with Crippen LogP contribution in [0.2, 0.25) is 0 Å². The predicted octanol–water partition coefficient (Wildman–Crippen LogP) is 6.52. The molecule has 1 aliphatic rings. The molecule has 0 N–H and O–H groups in total. The molecule has 2 nitrogen and oxygen atoms in total. The van der Waals surface area contributed by atoms with Crippen LogP contribution in [0.25, 0.3) is 0 Å². The van der Waals surface area contributed by atoms with Crippen molar-refractivity contribution < 1.29 is 9.53 Å². The average Bonchev–Trinajstić information content (AvgIpc) is 3.02. The van der Waals surface area contributed by atoms with Crippen LogP contribution in [-0.2, 0) is 9.53 Å². The molecular formula is C21H40O2. The van der Waals surface area contributed by atoms with Crippen molar-refractivity contribution in [3.05, 3.63) is 0 Å². The SMILES string of the molecule is CCC(C)C(C)(CC(C)(CC)CC)C(=O)OC1(CC)CCCC1. The summed E-state index contributed by atoms with van der Waals surface area (Å²) in [5.41, 5.74) is -0.340. The van der Waals surface area contributed by atoms with Crippen LogP contribution in [-0.4, -0.2) is 11.6 Å². The number of ether oxygens (including phenoxy) is 1. The van der Waals surface area contributed by atoms with Gasteiger partial charge in [-0.3, -0.25) is 4.79 Å². The predicted molar refractivity (Wildman–Crippen MR) is 98.5 cm³/mol. The van der Waals surface area contributed by atoms with Crippen LogP contribution < -0.4 is 0 Å². The molecule has 1 rings (SSSR count). The van der Waals surface area contributed by atoms with Gasteiger partial charge < -0.3 is 4.74 Å². The lowest BCUT2D eigenvalue weighted by molar-refractivity contribution is -0.177. The number of carbonyl (C=O) groups is 1. The molecule has 0 bridgehead atoms. The Hall–Kier alpha value is -0.530. The molecule has 1 aliphatic carbocycles. The first-order valence-corrected chi connectivity index (χ1v) is 9.94. The van der Waals surface area contributed by atoms with Crippen molar-refractivity contribution in [2.24, 2.45) is 16.7 Å². The molecule has 23 heavy (non-hydrogen) atoms. The van der Waals surface area contributed by atoms with Crippen molar-refractivity contribution in [2.75, 3.05) is 0 Å². The van der Waals surface area contributed by atoms with Crippen molar-refractivity contribution in [3.8, 4) is 0 Å². The fraction of sp³-hybridized carbons (Fsp3) is 0.952. The van der Waals surface area contributed by atoms with Gasteiger partial charge in [-0.15, -0.1) is 0 Å². The number of carbonyl (C=O) groups excluding carboxylic acids is 1. The largest absolute Gasteiger partial charge is 0.459 e. The van der Waals surface area contributed by atoms with Gasteiger partial charge in [0.2, 0.25) is 0 Å². The molecule has 0 heterocycles. The first-order chi connectivity index (χ1) is 10.7. The second kappa shape index (κ2) is 8.03. The van der Waals surface area contributed by atoms with Gasteiger partial charge in [0.25, 0.3) is 0 Å². The molecule has 0 spiro atoms. The van der Waals surface area contributed by atoms with E-state index in [0.29, 0.717) is 5.92 Å². The molecule has 136 valence electrons. The van der Waals surface area contributed by atoms with Crippen molar-refractivity contribution in [3.63, 3.8) is 0 Å². The molecule has 0 aliphatic heterocycles. The maximum absolute atomic E-state index is 13.3. The van der Waals surface area contributed by atoms with E-state index in [1.54, 1.807) is 0 Å². The summed E-state index contributed by atoms with van der Waals surface area (Å²) < 4.78 is 6.23. The third-order valence-electron chi connectivity index (χ3n) is 7.14. The van der Waals surface area contributed by atoms with Gasteiger partial charge in [0.15, 0.2) is 0 Å². The normalized spacial score (nSPS) is 21.7. The highest BCUT2D eigenvalue weighted by atomic mass is 16.6. The maximum Gasteiger partial charge on any atom is 0.312 e. The van der Waals surface area contributed by atoms with Gasteiger partial charge in [-0.25, -0.2) is 0 Å². The Morgan fingerprint density at radius 3 is 2.00 bits per heavy atom. The minimum Gasteiger partial charge on any atom is -0.459 e. The fourth-order valence-corrected chi connectivity index (χ4v) is 4.15. The minimum absolute atomic E-state index is 0.0590. The third kappa shape index (κ3) is 4.51. The zero-order valence-electron chi connectivity index (χ0n) is 16.8. The average molecular weight is 325 g/mol. The molecule has 2 atom stereocenters. The quantitative estimate of drug-likeness (QED) is 0.451. The van der Waals surface area contributed by atoms with Crippen molar-refractivity contribution in [2.45, 2.75) is 112 Å². The summed E-state index contributed by atoms with van der Waals surface area (Å²) in [5.74, 6) is 0.409. The summed E-state index contributed by atoms with van der Waals surface area (Å²) in [6.45, 7) is 15.6. The van der Waals surface area contributed by atoms with Crippen molar-refractivity contribution >= 4 is 5.97 Å². The molecule has 0 aromatic carbocycles. The molecule has 1 fully saturated rings. The van der Waals surface area contributed by atoms with E-state index in [-0.39, 0.29) is 22.4 Å². The van der Waals surface area contributed by atoms with Gasteiger partial charge in [0.05, 0.1) is 5.41 Å². The topological polar surface area (TPSA) is 26.3 Å². The van der Waals surface area contributed by atoms with Crippen LogP contribution in [0.5, 0.6) is 0 Å². The Morgan fingerprint density at radius 1 is 1.09 bits per heavy atom. The highest BCUT2D eigenvalue weighted by Crippen LogP contribution is 2.47. The van der Waals surface area contributed by atoms with E-state index >= 15 is 0 Å². The summed E-state index contributed by atoms with van der Waals surface area (Å²) in [5, 5.41) is 0. The maximum atomic E-state index is 13.3. The lowest BCUT2D eigenvalue weighted by atomic mass is 9.64. The molecule has 0 radical (unpaired) electrons. The molecule has 0 aromatic rings. The van der Waals surface area contributed by atoms with Gasteiger partial charge >= 0.3 is 5.97 Å². The number of esters is 1. The third-order valence-corrected chi connectivity index (χ3v) is 7.14. The van der Waals surface area contributed by atoms with E-state index in [0.717, 1.165) is 44.9 Å². The number of rotatable bonds is 9. The van der Waals surface area contributed by atoms with Gasteiger partial charge in [-0.05, 0) is 56.8 Å². The van der Waals surface area contributed by atoms with Gasteiger partial charge in [-0.1, -0.05) is 60.8 Å². The Morgan fingerprint density at radius 2 is 1.61 bits per heavy atom. The van der Waals surface area contributed by atoms with E-state index in [9.17, 15) is 4.79 Å². The van der Waals surface area contributed by atoms with E-state index in [2.05, 4.69) is 48.5 Å². The summed E-state index contributed by atoms with van der Waals surface area (Å²) in [7, 11) is 0. The van der Waals surface area contributed by atoms with Gasteiger partial charge in [0.1, 0.15) is 5.60 Å².